The van der Waals surface area contributed by atoms with Crippen LogP contribution in [0.3, 0.4) is 0 Å². The average Bonchev–Trinajstić information content (AvgIpc) is 2.39. The molecule has 2 rings (SSSR count). The molecule has 0 unspecified atom stereocenters. The Morgan fingerprint density at radius 2 is 1.50 bits per heavy atom. The Morgan fingerprint density at radius 3 is 2.14 bits per heavy atom. The van der Waals surface area contributed by atoms with E-state index < -0.39 is 34.7 Å². The van der Waals surface area contributed by atoms with E-state index >= 15 is 0 Å². The van der Waals surface area contributed by atoms with Crippen LogP contribution in [-0.2, 0) is 0 Å². The van der Waals surface area contributed by atoms with Crippen LogP contribution in [0.4, 0.5) is 22.0 Å². The van der Waals surface area contributed by atoms with E-state index in [9.17, 15) is 22.0 Å². The van der Waals surface area contributed by atoms with Crippen LogP contribution in [-0.4, -0.2) is 0 Å². The molecule has 0 aliphatic heterocycles. The van der Waals surface area contributed by atoms with Gasteiger partial charge in [0.25, 0.3) is 0 Å². The van der Waals surface area contributed by atoms with Gasteiger partial charge in [-0.25, -0.2) is 22.0 Å². The molecular weight excluding hydrogens is 203 g/mol. The molecule has 0 nitrogen and oxygen atoms in total. The van der Waals surface area contributed by atoms with Gasteiger partial charge in [0.15, 0.2) is 23.3 Å². The van der Waals surface area contributed by atoms with E-state index in [1.807, 2.05) is 0 Å². The first-order valence-electron chi connectivity index (χ1n) is 3.60. The maximum absolute atomic E-state index is 12.9. The molecular formula is C9H2F5. The van der Waals surface area contributed by atoms with Crippen LogP contribution in [0, 0.1) is 23.9 Å². The van der Waals surface area contributed by atoms with Crippen LogP contribution in [0.2, 0.25) is 0 Å². The molecule has 0 aromatic heterocycles. The van der Waals surface area contributed by atoms with Crippen LogP contribution in [0.15, 0.2) is 11.9 Å². The molecule has 0 saturated heterocycles. The normalized spacial score (nSPS) is 14.9. The van der Waals surface area contributed by atoms with Gasteiger partial charge >= 0.3 is 0 Å². The fourth-order valence-electron chi connectivity index (χ4n) is 1.27. The average molecular weight is 205 g/mol. The summed E-state index contributed by atoms with van der Waals surface area (Å²) in [7, 11) is 0. The molecule has 0 atom stereocenters. The molecule has 0 N–H and O–H groups in total. The summed E-state index contributed by atoms with van der Waals surface area (Å²) >= 11 is 0. The van der Waals surface area contributed by atoms with E-state index in [0.29, 0.717) is 12.5 Å². The van der Waals surface area contributed by atoms with Gasteiger partial charge in [-0.1, -0.05) is 0 Å². The van der Waals surface area contributed by atoms with Crippen molar-refractivity contribution in [2.24, 2.45) is 0 Å². The summed E-state index contributed by atoms with van der Waals surface area (Å²) in [5.41, 5.74) is -1.20. The fraction of sp³-hybridized carbons (Fsp3) is 0. The summed E-state index contributed by atoms with van der Waals surface area (Å²) in [6, 6.07) is 0.542. The quantitative estimate of drug-likeness (QED) is 0.450. The Hall–Kier alpha value is -1.39. The monoisotopic (exact) mass is 205 g/mol. The topological polar surface area (TPSA) is 0 Å². The van der Waals surface area contributed by atoms with Gasteiger partial charge in [0.2, 0.25) is 0 Å². The second-order valence-corrected chi connectivity index (χ2v) is 2.76. The Bertz CT molecular complexity index is 447. The summed E-state index contributed by atoms with van der Waals surface area (Å²) < 4.78 is 63.5. The van der Waals surface area contributed by atoms with Crippen LogP contribution in [0.25, 0.3) is 5.83 Å². The summed E-state index contributed by atoms with van der Waals surface area (Å²) in [5, 5.41) is 0. The van der Waals surface area contributed by atoms with Crippen LogP contribution in [0.5, 0.6) is 0 Å². The van der Waals surface area contributed by atoms with Gasteiger partial charge in [-0.15, -0.1) is 0 Å². The first kappa shape index (κ1) is 9.18. The lowest BCUT2D eigenvalue weighted by Gasteiger charge is -2.02. The zero-order valence-electron chi connectivity index (χ0n) is 6.54. The Kier molecular flexibility index (Phi) is 1.83. The van der Waals surface area contributed by atoms with E-state index in [2.05, 4.69) is 0 Å². The molecule has 0 heterocycles. The van der Waals surface area contributed by atoms with Crippen molar-refractivity contribution >= 4 is 5.83 Å². The first-order chi connectivity index (χ1) is 6.52. The SMILES string of the molecule is FC1=C(F)c2c(cc(F)c(F)c2F)[CH]1. The van der Waals surface area contributed by atoms with Crippen molar-refractivity contribution in [1.29, 1.82) is 0 Å². The third-order valence-electron chi connectivity index (χ3n) is 1.90. The lowest BCUT2D eigenvalue weighted by molar-refractivity contribution is 0.443. The zero-order valence-corrected chi connectivity index (χ0v) is 6.54. The fourth-order valence-corrected chi connectivity index (χ4v) is 1.27. The number of halogens is 5. The van der Waals surface area contributed by atoms with Crippen molar-refractivity contribution in [2.75, 3.05) is 0 Å². The van der Waals surface area contributed by atoms with E-state index in [4.69, 9.17) is 0 Å². The highest BCUT2D eigenvalue weighted by molar-refractivity contribution is 5.74. The standard InChI is InChI=1S/C9H2F5/c10-4-1-3-2-5(11)8(13)9(14)6(3)7(4)12/h1-2H. The van der Waals surface area contributed by atoms with Crippen molar-refractivity contribution in [2.45, 2.75) is 0 Å². The highest BCUT2D eigenvalue weighted by Crippen LogP contribution is 2.38. The highest BCUT2D eigenvalue weighted by Gasteiger charge is 2.29. The Labute approximate surface area is 75.7 Å². The molecule has 0 spiro atoms. The minimum absolute atomic E-state index is 0.337. The number of fused-ring (bicyclic) bond motifs is 1. The number of hydrogen-bond donors (Lipinski definition) is 0. The highest BCUT2D eigenvalue weighted by atomic mass is 19.2. The Balaban J connectivity index is 2.74. The van der Waals surface area contributed by atoms with Gasteiger partial charge in [-0.05, 0) is 11.6 Å². The molecule has 1 aliphatic rings. The predicted octanol–water partition coefficient (Wildman–Crippen LogP) is 3.28. The minimum Gasteiger partial charge on any atom is -0.208 e. The van der Waals surface area contributed by atoms with E-state index in [1.165, 1.54) is 0 Å². The zero-order chi connectivity index (χ0) is 10.5. The summed E-state index contributed by atoms with van der Waals surface area (Å²) in [5.74, 6) is -7.82. The largest absolute Gasteiger partial charge is 0.208 e. The Morgan fingerprint density at radius 1 is 0.857 bits per heavy atom. The molecule has 0 amide bonds. The van der Waals surface area contributed by atoms with Crippen LogP contribution < -0.4 is 0 Å². The van der Waals surface area contributed by atoms with Gasteiger partial charge in [0, 0.05) is 0 Å². The summed E-state index contributed by atoms with van der Waals surface area (Å²) in [6.45, 7) is 0. The van der Waals surface area contributed by atoms with Crippen LogP contribution in [0.1, 0.15) is 11.1 Å². The lowest BCUT2D eigenvalue weighted by Crippen LogP contribution is -1.97. The van der Waals surface area contributed by atoms with Crippen molar-refractivity contribution in [3.05, 3.63) is 46.9 Å². The summed E-state index contributed by atoms with van der Waals surface area (Å²) in [6.07, 6.45) is 0.607. The summed E-state index contributed by atoms with van der Waals surface area (Å²) in [4.78, 5) is 0. The molecule has 1 aliphatic carbocycles. The van der Waals surface area contributed by atoms with Crippen molar-refractivity contribution < 1.29 is 22.0 Å². The first-order valence-corrected chi connectivity index (χ1v) is 3.60. The second kappa shape index (κ2) is 2.80. The van der Waals surface area contributed by atoms with Gasteiger partial charge in [-0.3, -0.25) is 0 Å². The van der Waals surface area contributed by atoms with Gasteiger partial charge in [0.05, 0.1) is 12.0 Å². The predicted molar refractivity (Wildman–Crippen MR) is 38.9 cm³/mol. The molecule has 1 radical (unpaired) electrons. The molecule has 0 fully saturated rings. The number of benzene rings is 1. The molecule has 1 aromatic carbocycles. The smallest absolute Gasteiger partial charge is 0.195 e. The molecule has 73 valence electrons. The van der Waals surface area contributed by atoms with Crippen molar-refractivity contribution in [3.63, 3.8) is 0 Å². The third kappa shape index (κ3) is 1.05. The van der Waals surface area contributed by atoms with E-state index in [0.717, 1.165) is 0 Å². The maximum atomic E-state index is 12.9. The number of allylic oxidation sites excluding steroid dienone is 1. The third-order valence-corrected chi connectivity index (χ3v) is 1.90. The molecule has 1 aromatic rings. The van der Waals surface area contributed by atoms with Gasteiger partial charge in [-0.2, -0.15) is 0 Å². The number of rotatable bonds is 0. The maximum Gasteiger partial charge on any atom is 0.195 e. The van der Waals surface area contributed by atoms with Gasteiger partial charge in [0.1, 0.15) is 5.83 Å². The van der Waals surface area contributed by atoms with Crippen molar-refractivity contribution in [3.8, 4) is 0 Å². The van der Waals surface area contributed by atoms with Gasteiger partial charge < -0.3 is 0 Å². The molecule has 5 heteroatoms. The second-order valence-electron chi connectivity index (χ2n) is 2.76. The molecule has 14 heavy (non-hydrogen) atoms. The minimum atomic E-state index is -1.80. The molecule has 0 saturated carbocycles. The van der Waals surface area contributed by atoms with E-state index in [-0.39, 0.29) is 5.56 Å². The van der Waals surface area contributed by atoms with Crippen molar-refractivity contribution in [1.82, 2.24) is 0 Å². The molecule has 0 bridgehead atoms. The van der Waals surface area contributed by atoms with Crippen LogP contribution >= 0.6 is 0 Å². The lowest BCUT2D eigenvalue weighted by atomic mass is 10.1. The van der Waals surface area contributed by atoms with E-state index in [1.54, 1.807) is 0 Å². The number of hydrogen-bond acceptors (Lipinski definition) is 0.